The summed E-state index contributed by atoms with van der Waals surface area (Å²) in [5.41, 5.74) is 1.52. The minimum absolute atomic E-state index is 0.102. The first-order valence-electron chi connectivity index (χ1n) is 8.70. The van der Waals surface area contributed by atoms with Gasteiger partial charge in [-0.25, -0.2) is 14.8 Å². The predicted molar refractivity (Wildman–Crippen MR) is 114 cm³/mol. The fraction of sp³-hybridized carbons (Fsp3) is 0.263. The molecule has 0 aliphatic rings. The molecule has 3 aromatic rings. The lowest BCUT2D eigenvalue weighted by atomic mass is 10.2. The number of aryl methyl sites for hydroxylation is 1. The van der Waals surface area contributed by atoms with Gasteiger partial charge in [0, 0.05) is 23.1 Å². The molecule has 7 nitrogen and oxygen atoms in total. The molecule has 0 radical (unpaired) electrons. The maximum Gasteiger partial charge on any atom is 0.348 e. The van der Waals surface area contributed by atoms with Crippen LogP contribution < -0.4 is 10.6 Å². The highest BCUT2D eigenvalue weighted by molar-refractivity contribution is 9.10. The monoisotopic (exact) mass is 462 g/mol. The van der Waals surface area contributed by atoms with Crippen LogP contribution in [0.25, 0.3) is 10.2 Å². The van der Waals surface area contributed by atoms with E-state index in [4.69, 9.17) is 4.74 Å². The molecule has 1 aromatic carbocycles. The zero-order chi connectivity index (χ0) is 20.1. The molecule has 28 heavy (non-hydrogen) atoms. The first kappa shape index (κ1) is 20.2. The Morgan fingerprint density at radius 3 is 2.68 bits per heavy atom. The Morgan fingerprint density at radius 2 is 1.96 bits per heavy atom. The Kier molecular flexibility index (Phi) is 6.58. The largest absolute Gasteiger partial charge is 0.462 e. The molecular formula is C19H19BrN4O3S. The summed E-state index contributed by atoms with van der Waals surface area (Å²) in [6.45, 7) is 4.34. The minimum Gasteiger partial charge on any atom is -0.462 e. The third-order valence-corrected chi connectivity index (χ3v) is 5.67. The molecule has 0 unspecified atom stereocenters. The molecule has 3 rings (SSSR count). The molecule has 1 amide bonds. The number of rotatable bonds is 7. The number of esters is 1. The van der Waals surface area contributed by atoms with E-state index in [1.165, 1.54) is 17.7 Å². The molecule has 2 aromatic heterocycles. The predicted octanol–water partition coefficient (Wildman–Crippen LogP) is 4.38. The summed E-state index contributed by atoms with van der Waals surface area (Å²) in [4.78, 5) is 34.0. The molecule has 146 valence electrons. The lowest BCUT2D eigenvalue weighted by Crippen LogP contribution is -2.16. The van der Waals surface area contributed by atoms with E-state index in [-0.39, 0.29) is 18.3 Å². The van der Waals surface area contributed by atoms with Gasteiger partial charge in [-0.2, -0.15) is 0 Å². The van der Waals surface area contributed by atoms with Crippen LogP contribution in [0.1, 0.15) is 28.6 Å². The van der Waals surface area contributed by atoms with Crippen molar-refractivity contribution >= 4 is 60.9 Å². The van der Waals surface area contributed by atoms with Gasteiger partial charge in [0.25, 0.3) is 0 Å². The van der Waals surface area contributed by atoms with Gasteiger partial charge in [-0.1, -0.05) is 15.9 Å². The van der Waals surface area contributed by atoms with Gasteiger partial charge in [-0.05, 0) is 43.7 Å². The highest BCUT2D eigenvalue weighted by Crippen LogP contribution is 2.33. The van der Waals surface area contributed by atoms with Crippen molar-refractivity contribution in [1.29, 1.82) is 0 Å². The molecule has 0 atom stereocenters. The number of anilines is 2. The summed E-state index contributed by atoms with van der Waals surface area (Å²) in [5, 5.41) is 6.80. The van der Waals surface area contributed by atoms with Gasteiger partial charge >= 0.3 is 5.97 Å². The lowest BCUT2D eigenvalue weighted by molar-refractivity contribution is -0.115. The summed E-state index contributed by atoms with van der Waals surface area (Å²) in [5.74, 6) is 0.142. The lowest BCUT2D eigenvalue weighted by Gasteiger charge is -2.08. The van der Waals surface area contributed by atoms with E-state index in [1.54, 1.807) is 6.92 Å². The van der Waals surface area contributed by atoms with E-state index in [0.29, 0.717) is 28.7 Å². The number of hydrogen-bond donors (Lipinski definition) is 2. The Labute approximate surface area is 174 Å². The molecule has 0 fully saturated rings. The third kappa shape index (κ3) is 4.66. The van der Waals surface area contributed by atoms with E-state index in [1.807, 2.05) is 31.2 Å². The first-order valence-corrected chi connectivity index (χ1v) is 10.3. The van der Waals surface area contributed by atoms with Crippen LogP contribution in [0.5, 0.6) is 0 Å². The zero-order valence-electron chi connectivity index (χ0n) is 15.4. The fourth-order valence-electron chi connectivity index (χ4n) is 2.65. The molecule has 2 N–H and O–H groups in total. The van der Waals surface area contributed by atoms with Gasteiger partial charge in [0.05, 0.1) is 12.0 Å². The van der Waals surface area contributed by atoms with Crippen molar-refractivity contribution in [3.05, 3.63) is 45.5 Å². The second kappa shape index (κ2) is 9.11. The summed E-state index contributed by atoms with van der Waals surface area (Å²) in [6.07, 6.45) is 1.72. The Morgan fingerprint density at radius 1 is 1.21 bits per heavy atom. The summed E-state index contributed by atoms with van der Waals surface area (Å²) in [6, 6.07) is 7.39. The summed E-state index contributed by atoms with van der Waals surface area (Å²) < 4.78 is 6.05. The van der Waals surface area contributed by atoms with Crippen LogP contribution in [0.2, 0.25) is 0 Å². The molecule has 0 aliphatic carbocycles. The van der Waals surface area contributed by atoms with E-state index in [0.717, 1.165) is 21.1 Å². The second-order valence-electron chi connectivity index (χ2n) is 5.91. The maximum atomic E-state index is 12.1. The number of carbonyl (C=O) groups is 2. The standard InChI is InChI=1S/C19H19BrN4O3S/c1-3-27-19(26)16-11(2)15-17(22-10-23-18(15)28-16)21-9-8-14(25)24-13-6-4-12(20)5-7-13/h4-7,10H,3,8-9H2,1-2H3,(H,24,25)(H,21,22,23). The normalized spacial score (nSPS) is 10.7. The maximum absolute atomic E-state index is 12.1. The summed E-state index contributed by atoms with van der Waals surface area (Å²) >= 11 is 4.64. The third-order valence-electron chi connectivity index (χ3n) is 3.96. The Balaban J connectivity index is 1.66. The van der Waals surface area contributed by atoms with Gasteiger partial charge in [0.15, 0.2) is 0 Å². The number of benzene rings is 1. The van der Waals surface area contributed by atoms with Crippen LogP contribution in [0, 0.1) is 6.92 Å². The number of aromatic nitrogens is 2. The second-order valence-corrected chi connectivity index (χ2v) is 7.83. The van der Waals surface area contributed by atoms with Gasteiger partial charge in [0.2, 0.25) is 5.91 Å². The van der Waals surface area contributed by atoms with Gasteiger partial charge in [-0.3, -0.25) is 4.79 Å². The van der Waals surface area contributed by atoms with Crippen molar-refractivity contribution < 1.29 is 14.3 Å². The van der Waals surface area contributed by atoms with Crippen LogP contribution in [0.4, 0.5) is 11.5 Å². The average Bonchev–Trinajstić information content (AvgIpc) is 3.01. The van der Waals surface area contributed by atoms with Gasteiger partial charge < -0.3 is 15.4 Å². The van der Waals surface area contributed by atoms with Crippen molar-refractivity contribution in [3.63, 3.8) is 0 Å². The van der Waals surface area contributed by atoms with Crippen molar-refractivity contribution in [2.75, 3.05) is 23.8 Å². The van der Waals surface area contributed by atoms with E-state index < -0.39 is 0 Å². The topological polar surface area (TPSA) is 93.2 Å². The molecule has 2 heterocycles. The van der Waals surface area contributed by atoms with Crippen LogP contribution >= 0.6 is 27.3 Å². The Hall–Kier alpha value is -2.52. The Bertz CT molecular complexity index is 1000. The number of ether oxygens (including phenoxy) is 1. The average molecular weight is 463 g/mol. The van der Waals surface area contributed by atoms with Crippen molar-refractivity contribution in [1.82, 2.24) is 9.97 Å². The molecule has 0 bridgehead atoms. The number of amides is 1. The highest BCUT2D eigenvalue weighted by atomic mass is 79.9. The number of nitrogens with zero attached hydrogens (tertiary/aromatic N) is 2. The molecule has 9 heteroatoms. The number of thiophene rings is 1. The number of hydrogen-bond acceptors (Lipinski definition) is 7. The van der Waals surface area contributed by atoms with Crippen LogP contribution in [0.15, 0.2) is 35.1 Å². The molecule has 0 saturated heterocycles. The van der Waals surface area contributed by atoms with Gasteiger partial charge in [-0.15, -0.1) is 11.3 Å². The van der Waals surface area contributed by atoms with Crippen molar-refractivity contribution in [2.24, 2.45) is 0 Å². The van der Waals surface area contributed by atoms with Gasteiger partial charge in [0.1, 0.15) is 21.9 Å². The molecular weight excluding hydrogens is 444 g/mol. The first-order chi connectivity index (χ1) is 13.5. The van der Waals surface area contributed by atoms with Crippen molar-refractivity contribution in [2.45, 2.75) is 20.3 Å². The molecule has 0 saturated carbocycles. The van der Waals surface area contributed by atoms with Crippen LogP contribution in [0.3, 0.4) is 0 Å². The number of carbonyl (C=O) groups excluding carboxylic acids is 2. The quantitative estimate of drug-likeness (QED) is 0.506. The SMILES string of the molecule is CCOC(=O)c1sc2ncnc(NCCC(=O)Nc3ccc(Br)cc3)c2c1C. The van der Waals surface area contributed by atoms with E-state index >= 15 is 0 Å². The smallest absolute Gasteiger partial charge is 0.348 e. The fourth-order valence-corrected chi connectivity index (χ4v) is 3.95. The van der Waals surface area contributed by atoms with E-state index in [2.05, 4.69) is 36.5 Å². The van der Waals surface area contributed by atoms with E-state index in [9.17, 15) is 9.59 Å². The molecule has 0 spiro atoms. The minimum atomic E-state index is -0.358. The number of fused-ring (bicyclic) bond motifs is 1. The van der Waals surface area contributed by atoms with Crippen LogP contribution in [-0.2, 0) is 9.53 Å². The van der Waals surface area contributed by atoms with Crippen molar-refractivity contribution in [3.8, 4) is 0 Å². The number of nitrogens with one attached hydrogen (secondary N) is 2. The van der Waals surface area contributed by atoms with Crippen LogP contribution in [-0.4, -0.2) is 35.0 Å². The summed E-state index contributed by atoms with van der Waals surface area (Å²) in [7, 11) is 0. The molecule has 0 aliphatic heterocycles. The number of halogens is 1. The highest BCUT2D eigenvalue weighted by Gasteiger charge is 2.20. The zero-order valence-corrected chi connectivity index (χ0v) is 17.8.